The summed E-state index contributed by atoms with van der Waals surface area (Å²) in [4.78, 5) is 48.3. The van der Waals surface area contributed by atoms with Gasteiger partial charge in [-0.1, -0.05) is 56.9 Å². The molecule has 0 unspecified atom stereocenters. The van der Waals surface area contributed by atoms with Gasteiger partial charge in [0, 0.05) is 61.9 Å². The van der Waals surface area contributed by atoms with Crippen LogP contribution in [0.1, 0.15) is 116 Å². The Bertz CT molecular complexity index is 1020. The average molecular weight is 662 g/mol. The molecule has 0 spiro atoms. The van der Waals surface area contributed by atoms with Crippen LogP contribution in [0.5, 0.6) is 0 Å². The van der Waals surface area contributed by atoms with Gasteiger partial charge in [-0.25, -0.2) is 0 Å². The van der Waals surface area contributed by atoms with E-state index < -0.39 is 12.2 Å². The zero-order chi connectivity index (χ0) is 33.1. The molecule has 7 atom stereocenters. The fraction of sp³-hybridized carbons (Fsp3) is 0.778. The molecule has 3 amide bonds. The number of aliphatic hydroxyl groups excluding tert-OH is 2. The second kappa shape index (κ2) is 21.7. The number of Topliss-reactive ketones (excluding diaryl/α,β-unsaturated/α-hetero) is 1. The number of hydrogen-bond acceptors (Lipinski definition) is 7. The summed E-state index contributed by atoms with van der Waals surface area (Å²) in [6.45, 7) is 3.42. The number of aliphatic hydroxyl groups is 2. The molecule has 5 N–H and O–H groups in total. The molecule has 9 nitrogen and oxygen atoms in total. The summed E-state index contributed by atoms with van der Waals surface area (Å²) in [5, 5.41) is 30.1. The molecule has 0 bridgehead atoms. The number of nitrogens with one attached hydrogen (secondary N) is 3. The standard InChI is InChI=1S/C36H59N3O6S/c1-2-3-7-14-27(40)19-20-29-28(30(41)24-31(29)42)15-8-4-5-9-17-33(43)37-21-12-6-13-22-38-34(44)18-11-10-16-32-36-26(25-46-32)23-35(45)39-36/h4,8,19-20,26-29,31-32,36,40,42H,2-3,5-7,9-18,21-25H2,1H3,(H,37,43)(H,38,44)(H,39,45)/b8-4-,20-19+/t26-,27-,28+,29+,31+,32+,36-/m0/s1. The Labute approximate surface area is 280 Å². The third-order valence-electron chi connectivity index (χ3n) is 9.57. The third kappa shape index (κ3) is 13.9. The Morgan fingerprint density at radius 3 is 2.43 bits per heavy atom. The SMILES string of the molecule is CCCCC[C@H](O)/C=C/[C@H]1[C@H](O)CC(=O)[C@@H]1C/C=C\CCCC(=O)NCCCCCNC(=O)CCCC[C@H]1SC[C@@H]2CC(=O)N[C@@H]21. The first-order valence-electron chi connectivity index (χ1n) is 17.9. The molecule has 10 heteroatoms. The van der Waals surface area contributed by atoms with Crippen LogP contribution in [0.3, 0.4) is 0 Å². The summed E-state index contributed by atoms with van der Waals surface area (Å²) in [6.07, 6.45) is 19.7. The molecule has 0 radical (unpaired) electrons. The first-order valence-corrected chi connectivity index (χ1v) is 19.0. The smallest absolute Gasteiger partial charge is 0.220 e. The minimum absolute atomic E-state index is 0.0420. The van der Waals surface area contributed by atoms with Gasteiger partial charge < -0.3 is 26.2 Å². The fourth-order valence-electron chi connectivity index (χ4n) is 6.82. The third-order valence-corrected chi connectivity index (χ3v) is 11.1. The van der Waals surface area contributed by atoms with Crippen LogP contribution in [0.15, 0.2) is 24.3 Å². The maximum Gasteiger partial charge on any atom is 0.220 e. The first-order chi connectivity index (χ1) is 22.3. The van der Waals surface area contributed by atoms with E-state index in [-0.39, 0.29) is 41.8 Å². The number of rotatable bonds is 23. The number of ketones is 1. The summed E-state index contributed by atoms with van der Waals surface area (Å²) < 4.78 is 0. The summed E-state index contributed by atoms with van der Waals surface area (Å²) in [6, 6.07) is 0.333. The van der Waals surface area contributed by atoms with Crippen molar-refractivity contribution in [2.45, 2.75) is 140 Å². The van der Waals surface area contributed by atoms with Crippen LogP contribution in [-0.2, 0) is 19.2 Å². The molecule has 2 saturated heterocycles. The minimum atomic E-state index is -0.693. The van der Waals surface area contributed by atoms with E-state index in [1.807, 2.05) is 30.0 Å². The van der Waals surface area contributed by atoms with Crippen molar-refractivity contribution in [2.24, 2.45) is 17.8 Å². The topological polar surface area (TPSA) is 145 Å². The molecule has 0 aromatic rings. The molecule has 1 saturated carbocycles. The molecule has 1 aliphatic carbocycles. The van der Waals surface area contributed by atoms with Crippen LogP contribution in [0, 0.1) is 17.8 Å². The molecule has 3 rings (SSSR count). The van der Waals surface area contributed by atoms with Crippen LogP contribution in [0.2, 0.25) is 0 Å². The summed E-state index contributed by atoms with van der Waals surface area (Å²) in [7, 11) is 0. The number of thioether (sulfide) groups is 1. The van der Waals surface area contributed by atoms with Gasteiger partial charge in [0.2, 0.25) is 17.7 Å². The lowest BCUT2D eigenvalue weighted by molar-refractivity contribution is -0.122. The largest absolute Gasteiger partial charge is 0.392 e. The summed E-state index contributed by atoms with van der Waals surface area (Å²) >= 11 is 1.97. The van der Waals surface area contributed by atoms with E-state index in [0.717, 1.165) is 76.4 Å². The zero-order valence-electron chi connectivity index (χ0n) is 27.9. The van der Waals surface area contributed by atoms with E-state index >= 15 is 0 Å². The molecular weight excluding hydrogens is 602 g/mol. The van der Waals surface area contributed by atoms with Gasteiger partial charge in [-0.3, -0.25) is 19.2 Å². The highest BCUT2D eigenvalue weighted by Gasteiger charge is 2.42. The van der Waals surface area contributed by atoms with Crippen LogP contribution >= 0.6 is 11.8 Å². The monoisotopic (exact) mass is 661 g/mol. The molecule has 260 valence electrons. The van der Waals surface area contributed by atoms with Crippen LogP contribution in [0.25, 0.3) is 0 Å². The maximum atomic E-state index is 12.4. The highest BCUT2D eigenvalue weighted by atomic mass is 32.2. The van der Waals surface area contributed by atoms with Crippen LogP contribution in [-0.4, -0.2) is 76.1 Å². The van der Waals surface area contributed by atoms with Gasteiger partial charge >= 0.3 is 0 Å². The van der Waals surface area contributed by atoms with Crippen LogP contribution < -0.4 is 16.0 Å². The summed E-state index contributed by atoms with van der Waals surface area (Å²) in [5.41, 5.74) is 0. The second-order valence-corrected chi connectivity index (χ2v) is 14.7. The second-order valence-electron chi connectivity index (χ2n) is 13.4. The molecule has 0 aromatic heterocycles. The van der Waals surface area contributed by atoms with E-state index in [2.05, 4.69) is 22.9 Å². The van der Waals surface area contributed by atoms with Gasteiger partial charge in [-0.2, -0.15) is 11.8 Å². The Morgan fingerprint density at radius 2 is 1.70 bits per heavy atom. The van der Waals surface area contributed by atoms with E-state index in [0.29, 0.717) is 62.4 Å². The quantitative estimate of drug-likeness (QED) is 0.0785. The van der Waals surface area contributed by atoms with Crippen molar-refractivity contribution in [2.75, 3.05) is 18.8 Å². The Hall–Kier alpha value is -2.17. The summed E-state index contributed by atoms with van der Waals surface area (Å²) in [5.74, 6) is 1.44. The van der Waals surface area contributed by atoms with Crippen molar-refractivity contribution in [3.05, 3.63) is 24.3 Å². The number of hydrogen-bond donors (Lipinski definition) is 5. The average Bonchev–Trinajstić information content (AvgIpc) is 3.66. The van der Waals surface area contributed by atoms with Gasteiger partial charge in [0.15, 0.2) is 0 Å². The van der Waals surface area contributed by atoms with E-state index in [9.17, 15) is 29.4 Å². The van der Waals surface area contributed by atoms with Crippen molar-refractivity contribution in [3.63, 3.8) is 0 Å². The van der Waals surface area contributed by atoms with Crippen molar-refractivity contribution in [1.82, 2.24) is 16.0 Å². The Balaban J connectivity index is 1.13. The lowest BCUT2D eigenvalue weighted by Gasteiger charge is -2.17. The maximum absolute atomic E-state index is 12.4. The van der Waals surface area contributed by atoms with E-state index in [4.69, 9.17) is 0 Å². The van der Waals surface area contributed by atoms with Gasteiger partial charge in [0.05, 0.1) is 12.2 Å². The molecule has 0 aromatic carbocycles. The molecule has 2 aliphatic heterocycles. The highest BCUT2D eigenvalue weighted by molar-refractivity contribution is 8.00. The number of amides is 3. The molecule has 46 heavy (non-hydrogen) atoms. The Kier molecular flexibility index (Phi) is 18.0. The molecular formula is C36H59N3O6S. The lowest BCUT2D eigenvalue weighted by atomic mass is 9.90. The first kappa shape index (κ1) is 38.3. The lowest BCUT2D eigenvalue weighted by Crippen LogP contribution is -2.34. The van der Waals surface area contributed by atoms with Gasteiger partial charge in [-0.15, -0.1) is 0 Å². The minimum Gasteiger partial charge on any atom is -0.392 e. The number of carbonyl (C=O) groups is 4. The predicted molar refractivity (Wildman–Crippen MR) is 184 cm³/mol. The number of unbranched alkanes of at least 4 members (excludes halogenated alkanes) is 6. The van der Waals surface area contributed by atoms with Crippen molar-refractivity contribution in [1.29, 1.82) is 0 Å². The Morgan fingerprint density at radius 1 is 0.957 bits per heavy atom. The van der Waals surface area contributed by atoms with E-state index in [1.54, 1.807) is 6.08 Å². The van der Waals surface area contributed by atoms with Gasteiger partial charge in [-0.05, 0) is 69.5 Å². The molecule has 2 heterocycles. The fourth-order valence-corrected chi connectivity index (χ4v) is 8.47. The van der Waals surface area contributed by atoms with Gasteiger partial charge in [0.25, 0.3) is 0 Å². The number of fused-ring (bicyclic) bond motifs is 1. The predicted octanol–water partition coefficient (Wildman–Crippen LogP) is 4.75. The van der Waals surface area contributed by atoms with E-state index in [1.165, 1.54) is 0 Å². The normalized spacial score (nSPS) is 26.6. The zero-order valence-corrected chi connectivity index (χ0v) is 28.7. The highest BCUT2D eigenvalue weighted by Crippen LogP contribution is 2.39. The van der Waals surface area contributed by atoms with Crippen molar-refractivity contribution < 1.29 is 29.4 Å². The van der Waals surface area contributed by atoms with Crippen molar-refractivity contribution in [3.8, 4) is 0 Å². The van der Waals surface area contributed by atoms with Crippen molar-refractivity contribution >= 4 is 35.3 Å². The number of carbonyl (C=O) groups excluding carboxylic acids is 4. The number of allylic oxidation sites excluding steroid dienone is 2. The molecule has 3 aliphatic rings. The molecule has 3 fully saturated rings. The van der Waals surface area contributed by atoms with Crippen LogP contribution in [0.4, 0.5) is 0 Å². The van der Waals surface area contributed by atoms with Gasteiger partial charge in [0.1, 0.15) is 5.78 Å².